The summed E-state index contributed by atoms with van der Waals surface area (Å²) in [6, 6.07) is 0. The van der Waals surface area contributed by atoms with Crippen molar-refractivity contribution in [3.05, 3.63) is 12.7 Å². The van der Waals surface area contributed by atoms with Gasteiger partial charge in [-0.05, 0) is 0 Å². The third kappa shape index (κ3) is 12.7. The van der Waals surface area contributed by atoms with Crippen LogP contribution in [-0.4, -0.2) is 137 Å². The molecule has 7 N–H and O–H groups in total. The van der Waals surface area contributed by atoms with Crippen molar-refractivity contribution >= 4 is 62.5 Å². The summed E-state index contributed by atoms with van der Waals surface area (Å²) in [6.07, 6.45) is -15.1. The third-order valence-electron chi connectivity index (χ3n) is 7.56. The average Bonchev–Trinajstić information content (AvgIpc) is 3.61. The number of nitrogens with two attached hydrogens (primary N) is 1. The predicted octanol–water partition coefficient (Wildman–Crippen LogP) is -1.48. The molecule has 0 bridgehead atoms. The minimum atomic E-state index is -6.00. The van der Waals surface area contributed by atoms with E-state index in [1.165, 1.54) is 11.5 Å². The number of ether oxygens (including phenoxy) is 6. The van der Waals surface area contributed by atoms with E-state index in [9.17, 15) is 58.2 Å². The molecule has 314 valence electrons. The van der Waals surface area contributed by atoms with Crippen LogP contribution in [0.25, 0.3) is 11.2 Å². The number of rotatable bonds is 19. The normalized spacial score (nSPS) is 23.6. The maximum Gasteiger partial charge on any atom is 0.483 e. The SMILES string of the molecule is CC(=O)OC[C@H](OC(C)=O)C(C)C(OC(C)=O)C(OC(C)=O)C(OC(C)=O)C(O)OP(=O)(O)OP(=O)(O)OCC1OC(n2cnc3c(N)ncnc32)C(O)C1O. The Hall–Kier alpha value is -4.20. The highest BCUT2D eigenvalue weighted by Crippen LogP contribution is 2.61. The van der Waals surface area contributed by atoms with Gasteiger partial charge < -0.3 is 59.3 Å². The van der Waals surface area contributed by atoms with Gasteiger partial charge in [0, 0.05) is 40.5 Å². The number of carbonyl (C=O) groups is 5. The summed E-state index contributed by atoms with van der Waals surface area (Å²) in [4.78, 5) is 92.4. The predicted molar refractivity (Wildman–Crippen MR) is 177 cm³/mol. The van der Waals surface area contributed by atoms with Crippen LogP contribution in [0, 0.1) is 5.92 Å². The van der Waals surface area contributed by atoms with Gasteiger partial charge in [-0.2, -0.15) is 4.31 Å². The lowest BCUT2D eigenvalue weighted by Gasteiger charge is -2.38. The van der Waals surface area contributed by atoms with Crippen LogP contribution in [-0.2, 0) is 74.9 Å². The minimum absolute atomic E-state index is 0.00944. The quantitative estimate of drug-likeness (QED) is 0.0406. The number of imidazole rings is 1. The van der Waals surface area contributed by atoms with E-state index in [1.807, 2.05) is 0 Å². The van der Waals surface area contributed by atoms with Crippen LogP contribution in [0.2, 0.25) is 0 Å². The second kappa shape index (κ2) is 19.3. The number of aromatic nitrogens is 4. The van der Waals surface area contributed by atoms with E-state index < -0.39 is 120 Å². The fourth-order valence-electron chi connectivity index (χ4n) is 5.26. The first kappa shape index (κ1) is 46.2. The summed E-state index contributed by atoms with van der Waals surface area (Å²) >= 11 is 0. The Balaban J connectivity index is 1.82. The van der Waals surface area contributed by atoms with Gasteiger partial charge in [-0.3, -0.25) is 37.6 Å². The van der Waals surface area contributed by atoms with E-state index in [4.69, 9.17) is 38.7 Å². The smallest absolute Gasteiger partial charge is 0.462 e. The average molecular weight is 846 g/mol. The van der Waals surface area contributed by atoms with Crippen LogP contribution in [0.1, 0.15) is 47.8 Å². The molecule has 0 saturated carbocycles. The standard InChI is InChI=1S/C28H41N5O21P2/c1-11(17(48-13(3)35)7-46-12(2)34)22(49-14(4)36)23(50-15(5)37)24(51-16(6)38)28(41)53-56(44,45)54-55(42,43)47-8-18-20(39)21(40)27(52-18)33-10-32-19-25(29)30-9-31-26(19)33/h9-11,17-18,20-24,27-28,39-41H,7-8H2,1-6H3,(H,42,43)(H,44,45)(H2,29,30,31)/t11?,17-,18?,20?,21?,22?,23?,24?,27?,28?/m0/s1. The summed E-state index contributed by atoms with van der Waals surface area (Å²) in [6.45, 7) is 4.04. The highest BCUT2D eigenvalue weighted by Gasteiger charge is 2.50. The molecule has 1 aliphatic rings. The Morgan fingerprint density at radius 1 is 0.839 bits per heavy atom. The van der Waals surface area contributed by atoms with Crippen LogP contribution in [0.5, 0.6) is 0 Å². The molecule has 26 nitrogen and oxygen atoms in total. The molecular formula is C28H41N5O21P2. The van der Waals surface area contributed by atoms with Gasteiger partial charge in [0.25, 0.3) is 0 Å². The zero-order valence-electron chi connectivity index (χ0n) is 30.4. The Morgan fingerprint density at radius 2 is 1.41 bits per heavy atom. The van der Waals surface area contributed by atoms with E-state index in [0.29, 0.717) is 0 Å². The second-order valence-corrected chi connectivity index (χ2v) is 15.0. The molecule has 0 aromatic carbocycles. The molecule has 11 unspecified atom stereocenters. The third-order valence-corrected chi connectivity index (χ3v) is 10.2. The Bertz CT molecular complexity index is 1850. The summed E-state index contributed by atoms with van der Waals surface area (Å²) in [7, 11) is -11.7. The zero-order valence-corrected chi connectivity index (χ0v) is 32.2. The van der Waals surface area contributed by atoms with Crippen LogP contribution in [0.3, 0.4) is 0 Å². The molecule has 3 heterocycles. The molecule has 28 heteroatoms. The number of anilines is 1. The Labute approximate surface area is 316 Å². The molecular weight excluding hydrogens is 804 g/mol. The number of hydrogen-bond donors (Lipinski definition) is 6. The minimum Gasteiger partial charge on any atom is -0.462 e. The van der Waals surface area contributed by atoms with Crippen molar-refractivity contribution in [2.45, 2.75) is 96.8 Å². The molecule has 0 amide bonds. The van der Waals surface area contributed by atoms with Gasteiger partial charge in [0.05, 0.1) is 12.9 Å². The van der Waals surface area contributed by atoms with Crippen LogP contribution in [0.15, 0.2) is 12.7 Å². The maximum absolute atomic E-state index is 13.0. The number of aliphatic hydroxyl groups is 3. The molecule has 1 fully saturated rings. The van der Waals surface area contributed by atoms with Crippen molar-refractivity contribution in [3.8, 4) is 0 Å². The monoisotopic (exact) mass is 845 g/mol. The van der Waals surface area contributed by atoms with Crippen molar-refractivity contribution in [1.82, 2.24) is 19.5 Å². The van der Waals surface area contributed by atoms with Crippen LogP contribution in [0.4, 0.5) is 5.82 Å². The molecule has 0 aliphatic carbocycles. The second-order valence-electron chi connectivity index (χ2n) is 12.0. The van der Waals surface area contributed by atoms with Gasteiger partial charge in [-0.1, -0.05) is 6.92 Å². The van der Waals surface area contributed by atoms with Gasteiger partial charge in [0.2, 0.25) is 6.29 Å². The number of nitrogens with zero attached hydrogens (tertiary/aromatic N) is 4. The first-order chi connectivity index (χ1) is 25.9. The van der Waals surface area contributed by atoms with Crippen molar-refractivity contribution in [1.29, 1.82) is 0 Å². The molecule has 2 aromatic heterocycles. The summed E-state index contributed by atoms with van der Waals surface area (Å²) < 4.78 is 71.6. The number of carbonyl (C=O) groups excluding carboxylic acids is 5. The first-order valence-electron chi connectivity index (χ1n) is 16.1. The number of fused-ring (bicyclic) bond motifs is 1. The van der Waals surface area contributed by atoms with Crippen LogP contribution >= 0.6 is 15.6 Å². The summed E-state index contributed by atoms with van der Waals surface area (Å²) in [5, 5.41) is 32.1. The number of phosphoric acid groups is 2. The zero-order chi connectivity index (χ0) is 42.3. The van der Waals surface area contributed by atoms with Gasteiger partial charge in [0.1, 0.15) is 49.0 Å². The fraction of sp³-hybridized carbons (Fsp3) is 0.643. The molecule has 2 aromatic rings. The van der Waals surface area contributed by atoms with Crippen LogP contribution < -0.4 is 5.73 Å². The summed E-state index contributed by atoms with van der Waals surface area (Å²) in [5.41, 5.74) is 5.98. The highest BCUT2D eigenvalue weighted by molar-refractivity contribution is 7.61. The lowest BCUT2D eigenvalue weighted by atomic mass is 9.90. The topological polar surface area (TPSA) is 373 Å². The molecule has 1 aliphatic heterocycles. The number of phosphoric ester groups is 2. The van der Waals surface area contributed by atoms with E-state index in [1.54, 1.807) is 0 Å². The van der Waals surface area contributed by atoms with E-state index in [0.717, 1.165) is 47.3 Å². The Morgan fingerprint density at radius 3 is 1.98 bits per heavy atom. The number of aliphatic hydroxyl groups excluding tert-OH is 3. The largest absolute Gasteiger partial charge is 0.483 e. The van der Waals surface area contributed by atoms with Gasteiger partial charge in [-0.15, -0.1) is 0 Å². The van der Waals surface area contributed by atoms with Gasteiger partial charge >= 0.3 is 45.5 Å². The van der Waals surface area contributed by atoms with E-state index in [-0.39, 0.29) is 17.0 Å². The van der Waals surface area contributed by atoms with Crippen molar-refractivity contribution in [2.24, 2.45) is 5.92 Å². The lowest BCUT2D eigenvalue weighted by molar-refractivity contribution is -0.222. The molecule has 1 saturated heterocycles. The van der Waals surface area contributed by atoms with Gasteiger partial charge in [-0.25, -0.2) is 24.1 Å². The molecule has 0 radical (unpaired) electrons. The lowest BCUT2D eigenvalue weighted by Crippen LogP contribution is -2.55. The molecule has 56 heavy (non-hydrogen) atoms. The molecule has 12 atom stereocenters. The number of hydrogen-bond acceptors (Lipinski definition) is 23. The molecule has 3 rings (SSSR count). The molecule has 0 spiro atoms. The summed E-state index contributed by atoms with van der Waals surface area (Å²) in [5.74, 6) is -6.58. The van der Waals surface area contributed by atoms with E-state index >= 15 is 0 Å². The first-order valence-corrected chi connectivity index (χ1v) is 19.1. The Kier molecular flexibility index (Phi) is 15.9. The number of esters is 5. The van der Waals surface area contributed by atoms with E-state index in [2.05, 4.69) is 23.8 Å². The van der Waals surface area contributed by atoms with Gasteiger partial charge in [0.15, 0.2) is 29.9 Å². The maximum atomic E-state index is 13.0. The fourth-order valence-corrected chi connectivity index (χ4v) is 7.38. The highest BCUT2D eigenvalue weighted by atomic mass is 31.3. The number of nitrogen functional groups attached to an aromatic ring is 1. The van der Waals surface area contributed by atoms with Crippen molar-refractivity contribution in [2.75, 3.05) is 18.9 Å². The van der Waals surface area contributed by atoms with Crippen molar-refractivity contribution < 1.29 is 100.0 Å². The van der Waals surface area contributed by atoms with Crippen molar-refractivity contribution in [3.63, 3.8) is 0 Å².